The predicted molar refractivity (Wildman–Crippen MR) is 108 cm³/mol. The van der Waals surface area contributed by atoms with Crippen LogP contribution in [0, 0.1) is 0 Å². The van der Waals surface area contributed by atoms with E-state index in [4.69, 9.17) is 4.74 Å². The van der Waals surface area contributed by atoms with Gasteiger partial charge >= 0.3 is 0 Å². The highest BCUT2D eigenvalue weighted by atomic mass is 16.5. The SMILES string of the molecule is CCCNC(=O)[C@H]1CN(CC(=O)NNC(=O)c2ccccc2)c2ccccc2O1. The Bertz CT molecular complexity index is 872. The zero-order chi connectivity index (χ0) is 20.6. The molecule has 3 amide bonds. The van der Waals surface area contributed by atoms with Crippen molar-refractivity contribution in [3.05, 3.63) is 60.2 Å². The number of hydrogen-bond acceptors (Lipinski definition) is 5. The zero-order valence-corrected chi connectivity index (χ0v) is 16.2. The summed E-state index contributed by atoms with van der Waals surface area (Å²) in [6, 6.07) is 15.8. The second kappa shape index (κ2) is 9.59. The molecule has 2 aromatic carbocycles. The quantitative estimate of drug-likeness (QED) is 0.638. The van der Waals surface area contributed by atoms with Crippen LogP contribution in [0.2, 0.25) is 0 Å². The van der Waals surface area contributed by atoms with E-state index in [-0.39, 0.29) is 19.0 Å². The van der Waals surface area contributed by atoms with Gasteiger partial charge in [0.1, 0.15) is 5.75 Å². The Morgan fingerprint density at radius 2 is 1.76 bits per heavy atom. The van der Waals surface area contributed by atoms with Gasteiger partial charge in [0.25, 0.3) is 17.7 Å². The van der Waals surface area contributed by atoms with Crippen LogP contribution < -0.4 is 25.8 Å². The van der Waals surface area contributed by atoms with Crippen LogP contribution in [0.3, 0.4) is 0 Å². The van der Waals surface area contributed by atoms with Crippen molar-refractivity contribution in [3.8, 4) is 5.75 Å². The Morgan fingerprint density at radius 1 is 1.03 bits per heavy atom. The molecule has 8 nitrogen and oxygen atoms in total. The summed E-state index contributed by atoms with van der Waals surface area (Å²) in [5.41, 5.74) is 5.98. The first-order chi connectivity index (χ1) is 14.1. The molecule has 0 fully saturated rings. The smallest absolute Gasteiger partial charge is 0.269 e. The predicted octanol–water partition coefficient (Wildman–Crippen LogP) is 1.24. The van der Waals surface area contributed by atoms with Crippen molar-refractivity contribution in [2.45, 2.75) is 19.4 Å². The second-order valence-corrected chi connectivity index (χ2v) is 6.61. The number of nitrogens with zero attached hydrogens (tertiary/aromatic N) is 1. The first-order valence-electron chi connectivity index (χ1n) is 9.51. The fraction of sp³-hybridized carbons (Fsp3) is 0.286. The molecule has 0 bridgehead atoms. The maximum atomic E-state index is 12.4. The number of amides is 3. The molecule has 3 rings (SSSR count). The van der Waals surface area contributed by atoms with Gasteiger partial charge in [-0.3, -0.25) is 25.2 Å². The number of carbonyl (C=O) groups excluding carboxylic acids is 3. The number of benzene rings is 2. The van der Waals surface area contributed by atoms with Crippen molar-refractivity contribution in [1.29, 1.82) is 0 Å². The molecule has 0 aromatic heterocycles. The molecule has 1 aliphatic rings. The van der Waals surface area contributed by atoms with Gasteiger partial charge < -0.3 is 15.0 Å². The summed E-state index contributed by atoms with van der Waals surface area (Å²) >= 11 is 0. The molecule has 0 saturated heterocycles. The summed E-state index contributed by atoms with van der Waals surface area (Å²) in [5.74, 6) is -0.488. The number of nitrogens with one attached hydrogen (secondary N) is 3. The highest BCUT2D eigenvalue weighted by molar-refractivity contribution is 5.95. The van der Waals surface area contributed by atoms with E-state index in [2.05, 4.69) is 16.2 Å². The molecule has 1 heterocycles. The number of para-hydroxylation sites is 2. The monoisotopic (exact) mass is 396 g/mol. The van der Waals surface area contributed by atoms with Crippen molar-refractivity contribution >= 4 is 23.4 Å². The van der Waals surface area contributed by atoms with Crippen LogP contribution in [-0.4, -0.2) is 43.5 Å². The number of hydrazine groups is 1. The van der Waals surface area contributed by atoms with Crippen LogP contribution in [0.15, 0.2) is 54.6 Å². The second-order valence-electron chi connectivity index (χ2n) is 6.61. The molecule has 8 heteroatoms. The zero-order valence-electron chi connectivity index (χ0n) is 16.2. The summed E-state index contributed by atoms with van der Waals surface area (Å²) in [7, 11) is 0. The van der Waals surface area contributed by atoms with Crippen LogP contribution in [0.5, 0.6) is 5.75 Å². The Kier molecular flexibility index (Phi) is 6.67. The number of rotatable bonds is 6. The van der Waals surface area contributed by atoms with Crippen LogP contribution in [-0.2, 0) is 9.59 Å². The Balaban J connectivity index is 1.62. The minimum Gasteiger partial charge on any atom is -0.477 e. The number of ether oxygens (including phenoxy) is 1. The molecule has 0 spiro atoms. The molecular weight excluding hydrogens is 372 g/mol. The van der Waals surface area contributed by atoms with Gasteiger partial charge in [0, 0.05) is 12.1 Å². The molecule has 3 N–H and O–H groups in total. The lowest BCUT2D eigenvalue weighted by atomic mass is 10.1. The molecule has 0 saturated carbocycles. The maximum absolute atomic E-state index is 12.4. The van der Waals surface area contributed by atoms with E-state index in [9.17, 15) is 14.4 Å². The van der Waals surface area contributed by atoms with E-state index < -0.39 is 17.9 Å². The summed E-state index contributed by atoms with van der Waals surface area (Å²) < 4.78 is 5.80. The number of fused-ring (bicyclic) bond motifs is 1. The topological polar surface area (TPSA) is 99.8 Å². The van der Waals surface area contributed by atoms with E-state index in [0.717, 1.165) is 12.1 Å². The molecule has 0 radical (unpaired) electrons. The van der Waals surface area contributed by atoms with Crippen LogP contribution in [0.1, 0.15) is 23.7 Å². The highest BCUT2D eigenvalue weighted by Gasteiger charge is 2.31. The summed E-state index contributed by atoms with van der Waals surface area (Å²) in [4.78, 5) is 38.6. The Hall–Kier alpha value is -3.55. The van der Waals surface area contributed by atoms with Crippen LogP contribution in [0.4, 0.5) is 5.69 Å². The first kappa shape index (κ1) is 20.2. The Labute approximate surface area is 169 Å². The minimum atomic E-state index is -0.719. The summed E-state index contributed by atoms with van der Waals surface area (Å²) in [6.45, 7) is 2.73. The van der Waals surface area contributed by atoms with Crippen molar-refractivity contribution < 1.29 is 19.1 Å². The van der Waals surface area contributed by atoms with Crippen molar-refractivity contribution in [3.63, 3.8) is 0 Å². The molecule has 29 heavy (non-hydrogen) atoms. The van der Waals surface area contributed by atoms with E-state index in [1.807, 2.05) is 25.1 Å². The molecule has 152 valence electrons. The lowest BCUT2D eigenvalue weighted by Gasteiger charge is -2.35. The van der Waals surface area contributed by atoms with Gasteiger partial charge in [0.15, 0.2) is 6.10 Å². The van der Waals surface area contributed by atoms with Crippen molar-refractivity contribution in [1.82, 2.24) is 16.2 Å². The van der Waals surface area contributed by atoms with Gasteiger partial charge in [-0.1, -0.05) is 37.3 Å². The molecule has 0 unspecified atom stereocenters. The molecule has 1 aliphatic heterocycles. The van der Waals surface area contributed by atoms with Gasteiger partial charge in [0.2, 0.25) is 0 Å². The van der Waals surface area contributed by atoms with E-state index in [1.165, 1.54) is 0 Å². The van der Waals surface area contributed by atoms with Crippen LogP contribution in [0.25, 0.3) is 0 Å². The molecular formula is C21H24N4O4. The molecule has 1 atom stereocenters. The maximum Gasteiger partial charge on any atom is 0.269 e. The fourth-order valence-electron chi connectivity index (χ4n) is 2.96. The molecule has 2 aromatic rings. The van der Waals surface area contributed by atoms with Gasteiger partial charge in [0.05, 0.1) is 18.8 Å². The number of anilines is 1. The normalized spacial score (nSPS) is 14.9. The third kappa shape index (κ3) is 5.25. The standard InChI is InChI=1S/C21H24N4O4/c1-2-12-22-21(28)18-13-25(16-10-6-7-11-17(16)29-18)14-19(26)23-24-20(27)15-8-4-3-5-9-15/h3-11,18H,2,12-14H2,1H3,(H,22,28)(H,23,26)(H,24,27)/t18-/m1/s1. The van der Waals surface area contributed by atoms with E-state index >= 15 is 0 Å². The first-order valence-corrected chi connectivity index (χ1v) is 9.51. The van der Waals surface area contributed by atoms with Gasteiger partial charge in [-0.2, -0.15) is 0 Å². The van der Waals surface area contributed by atoms with E-state index in [0.29, 0.717) is 17.9 Å². The van der Waals surface area contributed by atoms with Crippen molar-refractivity contribution in [2.24, 2.45) is 0 Å². The number of hydrogen-bond donors (Lipinski definition) is 3. The van der Waals surface area contributed by atoms with Crippen LogP contribution >= 0.6 is 0 Å². The average Bonchev–Trinajstić information content (AvgIpc) is 2.76. The van der Waals surface area contributed by atoms with Gasteiger partial charge in [-0.25, -0.2) is 0 Å². The minimum absolute atomic E-state index is 0.0347. The van der Waals surface area contributed by atoms with Gasteiger partial charge in [-0.15, -0.1) is 0 Å². The fourth-order valence-corrected chi connectivity index (χ4v) is 2.96. The Morgan fingerprint density at radius 3 is 2.52 bits per heavy atom. The lowest BCUT2D eigenvalue weighted by Crippen LogP contribution is -2.53. The summed E-state index contributed by atoms with van der Waals surface area (Å²) in [6.07, 6.45) is 0.102. The van der Waals surface area contributed by atoms with Crippen molar-refractivity contribution in [2.75, 3.05) is 24.5 Å². The largest absolute Gasteiger partial charge is 0.477 e. The lowest BCUT2D eigenvalue weighted by molar-refractivity contribution is -0.128. The number of carbonyl (C=O) groups is 3. The third-order valence-corrected chi connectivity index (χ3v) is 4.39. The highest BCUT2D eigenvalue weighted by Crippen LogP contribution is 2.32. The molecule has 0 aliphatic carbocycles. The van der Waals surface area contributed by atoms with Gasteiger partial charge in [-0.05, 0) is 30.7 Å². The average molecular weight is 396 g/mol. The summed E-state index contributed by atoms with van der Waals surface area (Å²) in [5, 5.41) is 2.82. The third-order valence-electron chi connectivity index (χ3n) is 4.39. The van der Waals surface area contributed by atoms with E-state index in [1.54, 1.807) is 41.3 Å².